The first kappa shape index (κ1) is 5.22. The maximum atomic E-state index is 4.81. The summed E-state index contributed by atoms with van der Waals surface area (Å²) in [5.41, 5.74) is 0.843. The van der Waals surface area contributed by atoms with Gasteiger partial charge in [-0.1, -0.05) is 0 Å². The van der Waals surface area contributed by atoms with E-state index in [1.807, 2.05) is 12.1 Å². The van der Waals surface area contributed by atoms with Crippen molar-refractivity contribution in [1.82, 2.24) is 9.73 Å². The molecule has 10 heavy (non-hydrogen) atoms. The number of aromatic nitrogens is 2. The lowest BCUT2D eigenvalue weighted by molar-refractivity contribution is 0.275. The molecule has 50 valence electrons. The van der Waals surface area contributed by atoms with E-state index in [-0.39, 0.29) is 0 Å². The van der Waals surface area contributed by atoms with Crippen molar-refractivity contribution in [1.29, 1.82) is 0 Å². The van der Waals surface area contributed by atoms with Crippen LogP contribution >= 0.6 is 0 Å². The van der Waals surface area contributed by atoms with Gasteiger partial charge in [-0.3, -0.25) is 4.63 Å². The third kappa shape index (κ3) is 0.500. The molecule has 0 radical (unpaired) electrons. The van der Waals surface area contributed by atoms with Gasteiger partial charge in [-0.2, -0.15) is 4.57 Å². The summed E-state index contributed by atoms with van der Waals surface area (Å²) < 4.78 is 6.34. The van der Waals surface area contributed by atoms with Gasteiger partial charge in [0.2, 0.25) is 5.82 Å². The molecular formula is C6H5N3O. The van der Waals surface area contributed by atoms with Crippen LogP contribution in [0.2, 0.25) is 0 Å². The van der Waals surface area contributed by atoms with Crippen LogP contribution in [-0.4, -0.2) is 16.4 Å². The SMILES string of the molecule is C=Nc1non2cccc12. The maximum Gasteiger partial charge on any atom is 0.221 e. The number of hydrogen-bond donors (Lipinski definition) is 0. The summed E-state index contributed by atoms with van der Waals surface area (Å²) in [5.74, 6) is 0.532. The first-order valence-corrected chi connectivity index (χ1v) is 2.82. The zero-order chi connectivity index (χ0) is 6.97. The predicted molar refractivity (Wildman–Crippen MR) is 36.7 cm³/mol. The summed E-state index contributed by atoms with van der Waals surface area (Å²) in [5, 5.41) is 3.63. The highest BCUT2D eigenvalue weighted by molar-refractivity contribution is 5.65. The van der Waals surface area contributed by atoms with Gasteiger partial charge in [0.1, 0.15) is 5.52 Å². The fourth-order valence-electron chi connectivity index (χ4n) is 0.850. The van der Waals surface area contributed by atoms with Crippen molar-refractivity contribution in [3.63, 3.8) is 0 Å². The minimum Gasteiger partial charge on any atom is -0.261 e. The van der Waals surface area contributed by atoms with Gasteiger partial charge >= 0.3 is 0 Å². The molecule has 0 unspecified atom stereocenters. The van der Waals surface area contributed by atoms with Gasteiger partial charge in [0.25, 0.3) is 0 Å². The third-order valence-electron chi connectivity index (χ3n) is 1.31. The molecule has 2 aromatic heterocycles. The molecule has 0 bridgehead atoms. The van der Waals surface area contributed by atoms with Crippen molar-refractivity contribution in [2.75, 3.05) is 0 Å². The average Bonchev–Trinajstić information content (AvgIpc) is 2.44. The van der Waals surface area contributed by atoms with Gasteiger partial charge in [-0.05, 0) is 24.0 Å². The summed E-state index contributed by atoms with van der Waals surface area (Å²) in [6, 6.07) is 3.72. The van der Waals surface area contributed by atoms with Gasteiger partial charge < -0.3 is 0 Å². The Bertz CT molecular complexity index is 360. The summed E-state index contributed by atoms with van der Waals surface area (Å²) in [6.07, 6.45) is 1.76. The molecule has 2 heterocycles. The third-order valence-corrected chi connectivity index (χ3v) is 1.31. The number of hydrogen-bond acceptors (Lipinski definition) is 3. The zero-order valence-corrected chi connectivity index (χ0v) is 5.19. The standard InChI is InChI=1S/C6H5N3O/c1-7-6-5-3-2-4-9(5)10-8-6/h2-4H,1H2. The van der Waals surface area contributed by atoms with Crippen LogP contribution in [0, 0.1) is 0 Å². The fourth-order valence-corrected chi connectivity index (χ4v) is 0.850. The second-order valence-electron chi connectivity index (χ2n) is 1.87. The van der Waals surface area contributed by atoms with E-state index in [4.69, 9.17) is 4.63 Å². The molecule has 2 rings (SSSR count). The Morgan fingerprint density at radius 3 is 3.40 bits per heavy atom. The molecule has 0 aliphatic heterocycles. The molecule has 2 aromatic rings. The highest BCUT2D eigenvalue weighted by Crippen LogP contribution is 2.16. The first-order valence-electron chi connectivity index (χ1n) is 2.82. The largest absolute Gasteiger partial charge is 0.261 e. The van der Waals surface area contributed by atoms with E-state index in [1.165, 1.54) is 4.57 Å². The Labute approximate surface area is 56.7 Å². The Hall–Kier alpha value is -1.58. The van der Waals surface area contributed by atoms with Crippen molar-refractivity contribution in [2.45, 2.75) is 0 Å². The predicted octanol–water partition coefficient (Wildman–Crippen LogP) is 1.26. The fraction of sp³-hybridized carbons (Fsp3) is 0. The molecule has 0 aliphatic carbocycles. The lowest BCUT2D eigenvalue weighted by Crippen LogP contribution is -1.66. The Morgan fingerprint density at radius 2 is 2.60 bits per heavy atom. The number of fused-ring (bicyclic) bond motifs is 1. The van der Waals surface area contributed by atoms with Crippen LogP contribution in [0.1, 0.15) is 0 Å². The van der Waals surface area contributed by atoms with E-state index in [2.05, 4.69) is 16.9 Å². The minimum atomic E-state index is 0.532. The molecule has 0 aliphatic rings. The molecule has 4 nitrogen and oxygen atoms in total. The molecule has 0 atom stereocenters. The van der Waals surface area contributed by atoms with Gasteiger partial charge in [0.05, 0.1) is 0 Å². The highest BCUT2D eigenvalue weighted by Gasteiger charge is 2.02. The molecule has 0 saturated heterocycles. The average molecular weight is 135 g/mol. The van der Waals surface area contributed by atoms with Crippen LogP contribution in [0.25, 0.3) is 5.52 Å². The molecule has 0 saturated carbocycles. The van der Waals surface area contributed by atoms with Crippen molar-refractivity contribution >= 4 is 18.1 Å². The molecular weight excluding hydrogens is 130 g/mol. The van der Waals surface area contributed by atoms with Crippen molar-refractivity contribution in [3.8, 4) is 0 Å². The van der Waals surface area contributed by atoms with Gasteiger partial charge in [0.15, 0.2) is 0 Å². The summed E-state index contributed by atoms with van der Waals surface area (Å²) in [7, 11) is 0. The summed E-state index contributed by atoms with van der Waals surface area (Å²) in [4.78, 5) is 3.66. The monoisotopic (exact) mass is 135 g/mol. The summed E-state index contributed by atoms with van der Waals surface area (Å²) >= 11 is 0. The molecule has 0 aromatic carbocycles. The quantitative estimate of drug-likeness (QED) is 0.552. The number of aliphatic imine (C=N–C) groups is 1. The Kier molecular flexibility index (Phi) is 0.887. The first-order chi connectivity index (χ1) is 4.92. The zero-order valence-electron chi connectivity index (χ0n) is 5.19. The second kappa shape index (κ2) is 1.70. The number of nitrogens with zero attached hydrogens (tertiary/aromatic N) is 3. The minimum absolute atomic E-state index is 0.532. The van der Waals surface area contributed by atoms with E-state index >= 15 is 0 Å². The van der Waals surface area contributed by atoms with Crippen molar-refractivity contribution in [2.24, 2.45) is 4.99 Å². The second-order valence-corrected chi connectivity index (χ2v) is 1.87. The van der Waals surface area contributed by atoms with Crippen molar-refractivity contribution in [3.05, 3.63) is 18.3 Å². The highest BCUT2D eigenvalue weighted by atomic mass is 16.6. The van der Waals surface area contributed by atoms with Gasteiger partial charge in [-0.15, -0.1) is 0 Å². The van der Waals surface area contributed by atoms with Crippen LogP contribution in [0.15, 0.2) is 28.0 Å². The van der Waals surface area contributed by atoms with E-state index < -0.39 is 0 Å². The smallest absolute Gasteiger partial charge is 0.221 e. The van der Waals surface area contributed by atoms with E-state index in [0.29, 0.717) is 5.82 Å². The lowest BCUT2D eigenvalue weighted by Gasteiger charge is -1.74. The van der Waals surface area contributed by atoms with Crippen LogP contribution in [0.5, 0.6) is 0 Å². The maximum absolute atomic E-state index is 4.81. The molecule has 0 fully saturated rings. The van der Waals surface area contributed by atoms with E-state index in [9.17, 15) is 0 Å². The Morgan fingerprint density at radius 1 is 1.70 bits per heavy atom. The lowest BCUT2D eigenvalue weighted by atomic mass is 10.5. The topological polar surface area (TPSA) is 42.8 Å². The Balaban J connectivity index is 2.88. The van der Waals surface area contributed by atoms with Crippen LogP contribution < -0.4 is 0 Å². The van der Waals surface area contributed by atoms with Crippen molar-refractivity contribution < 1.29 is 4.63 Å². The van der Waals surface area contributed by atoms with E-state index in [1.54, 1.807) is 6.20 Å². The summed E-state index contributed by atoms with van der Waals surface area (Å²) in [6.45, 7) is 3.35. The molecule has 4 heteroatoms. The van der Waals surface area contributed by atoms with Crippen LogP contribution in [0.3, 0.4) is 0 Å². The van der Waals surface area contributed by atoms with Gasteiger partial charge in [0, 0.05) is 6.20 Å². The van der Waals surface area contributed by atoms with E-state index in [0.717, 1.165) is 5.52 Å². The normalized spacial score (nSPS) is 10.4. The molecule has 0 N–H and O–H groups in total. The van der Waals surface area contributed by atoms with Crippen LogP contribution in [-0.2, 0) is 0 Å². The van der Waals surface area contributed by atoms with Crippen LogP contribution in [0.4, 0.5) is 5.82 Å². The van der Waals surface area contributed by atoms with Gasteiger partial charge in [-0.25, -0.2) is 4.99 Å². The molecule has 0 amide bonds. The number of rotatable bonds is 1. The molecule has 0 spiro atoms.